The molecule has 4 heterocycles. The van der Waals surface area contributed by atoms with E-state index >= 15 is 0 Å². The summed E-state index contributed by atoms with van der Waals surface area (Å²) in [5.74, 6) is 1.90. The summed E-state index contributed by atoms with van der Waals surface area (Å²) in [4.78, 5) is 9.14. The Morgan fingerprint density at radius 2 is 2.04 bits per heavy atom. The predicted octanol–water partition coefficient (Wildman–Crippen LogP) is 3.73. The topological polar surface area (TPSA) is 82.2 Å². The molecule has 0 unspecified atom stereocenters. The van der Waals surface area contributed by atoms with Gasteiger partial charge in [-0.15, -0.1) is 0 Å². The first-order valence-corrected chi connectivity index (χ1v) is 8.49. The Labute approximate surface area is 154 Å². The van der Waals surface area contributed by atoms with Crippen molar-refractivity contribution >= 4 is 11.0 Å². The second kappa shape index (κ2) is 5.98. The molecule has 1 aliphatic rings. The van der Waals surface area contributed by atoms with Gasteiger partial charge in [0.15, 0.2) is 17.1 Å². The van der Waals surface area contributed by atoms with Crippen LogP contribution in [-0.4, -0.2) is 34.1 Å². The van der Waals surface area contributed by atoms with Gasteiger partial charge in [0.2, 0.25) is 12.5 Å². The van der Waals surface area contributed by atoms with E-state index in [1.54, 1.807) is 13.3 Å². The Bertz CT molecular complexity index is 1160. The molecule has 5 rings (SSSR count). The third-order valence-corrected chi connectivity index (χ3v) is 4.60. The highest BCUT2D eigenvalue weighted by atomic mass is 16.7. The van der Waals surface area contributed by atoms with Crippen LogP contribution in [0.4, 0.5) is 0 Å². The van der Waals surface area contributed by atoms with Gasteiger partial charge in [-0.2, -0.15) is 5.10 Å². The quantitative estimate of drug-likeness (QED) is 0.599. The molecule has 7 heteroatoms. The molecule has 0 radical (unpaired) electrons. The molecule has 0 bridgehead atoms. The van der Waals surface area contributed by atoms with E-state index in [-0.39, 0.29) is 6.79 Å². The van der Waals surface area contributed by atoms with E-state index < -0.39 is 0 Å². The number of pyridine rings is 2. The first kappa shape index (κ1) is 15.6. The number of nitrogens with zero attached hydrogens (tertiary/aromatic N) is 3. The third-order valence-electron chi connectivity index (χ3n) is 4.60. The molecule has 1 aromatic carbocycles. The van der Waals surface area contributed by atoms with Crippen LogP contribution in [-0.2, 0) is 0 Å². The predicted molar refractivity (Wildman–Crippen MR) is 100.0 cm³/mol. The fraction of sp³-hybridized carbons (Fsp3) is 0.150. The normalized spacial score (nSPS) is 12.5. The number of rotatable bonds is 3. The number of ether oxygens (including phenoxy) is 3. The highest BCUT2D eigenvalue weighted by Gasteiger charge is 2.22. The van der Waals surface area contributed by atoms with Gasteiger partial charge in [-0.3, -0.25) is 10.1 Å². The minimum absolute atomic E-state index is 0.188. The SMILES string of the molecule is COc1cc(-c2cc(C)c3c(-c4ccccn4)[nH]nc3n2)cc2c1OCO2. The average molecular weight is 360 g/mol. The van der Waals surface area contributed by atoms with E-state index in [0.29, 0.717) is 22.9 Å². The van der Waals surface area contributed by atoms with Crippen LogP contribution in [0.2, 0.25) is 0 Å². The molecular formula is C20H16N4O3. The van der Waals surface area contributed by atoms with Crippen LogP contribution in [0.25, 0.3) is 33.7 Å². The second-order valence-electron chi connectivity index (χ2n) is 6.25. The zero-order valence-corrected chi connectivity index (χ0v) is 14.8. The van der Waals surface area contributed by atoms with Crippen LogP contribution >= 0.6 is 0 Å². The number of H-pyrrole nitrogens is 1. The van der Waals surface area contributed by atoms with Gasteiger partial charge in [-0.25, -0.2) is 4.98 Å². The largest absolute Gasteiger partial charge is 0.493 e. The fourth-order valence-corrected chi connectivity index (χ4v) is 3.33. The number of aromatic amines is 1. The molecular weight excluding hydrogens is 344 g/mol. The summed E-state index contributed by atoms with van der Waals surface area (Å²) in [7, 11) is 1.61. The van der Waals surface area contributed by atoms with Crippen LogP contribution in [0, 0.1) is 6.92 Å². The molecule has 1 aliphatic heterocycles. The molecule has 3 aromatic heterocycles. The van der Waals surface area contributed by atoms with Crippen molar-refractivity contribution in [3.8, 4) is 39.9 Å². The highest BCUT2D eigenvalue weighted by Crippen LogP contribution is 2.44. The van der Waals surface area contributed by atoms with Gasteiger partial charge >= 0.3 is 0 Å². The van der Waals surface area contributed by atoms with Gasteiger partial charge in [-0.1, -0.05) is 6.07 Å². The molecule has 0 aliphatic carbocycles. The Kier molecular flexibility index (Phi) is 3.46. The Balaban J connectivity index is 1.66. The van der Waals surface area contributed by atoms with Gasteiger partial charge < -0.3 is 14.2 Å². The first-order valence-electron chi connectivity index (χ1n) is 8.49. The third kappa shape index (κ3) is 2.47. The van der Waals surface area contributed by atoms with Crippen molar-refractivity contribution in [2.45, 2.75) is 6.92 Å². The van der Waals surface area contributed by atoms with Crippen molar-refractivity contribution in [2.24, 2.45) is 0 Å². The number of fused-ring (bicyclic) bond motifs is 2. The molecule has 0 atom stereocenters. The molecule has 0 spiro atoms. The van der Waals surface area contributed by atoms with E-state index in [2.05, 4.69) is 15.2 Å². The molecule has 4 aromatic rings. The number of hydrogen-bond donors (Lipinski definition) is 1. The zero-order valence-electron chi connectivity index (χ0n) is 14.8. The molecule has 0 amide bonds. The van der Waals surface area contributed by atoms with Crippen LogP contribution in [0.15, 0.2) is 42.6 Å². The summed E-state index contributed by atoms with van der Waals surface area (Å²) in [5, 5.41) is 8.43. The lowest BCUT2D eigenvalue weighted by Gasteiger charge is -2.09. The number of nitrogens with one attached hydrogen (secondary N) is 1. The summed E-state index contributed by atoms with van der Waals surface area (Å²) >= 11 is 0. The van der Waals surface area contributed by atoms with Crippen molar-refractivity contribution in [2.75, 3.05) is 13.9 Å². The Morgan fingerprint density at radius 3 is 2.85 bits per heavy atom. The Hall–Kier alpha value is -3.61. The average Bonchev–Trinajstić information content (AvgIpc) is 3.35. The fourth-order valence-electron chi connectivity index (χ4n) is 3.33. The summed E-state index contributed by atoms with van der Waals surface area (Å²) < 4.78 is 16.4. The Morgan fingerprint density at radius 1 is 1.11 bits per heavy atom. The molecule has 1 N–H and O–H groups in total. The van der Waals surface area contributed by atoms with Crippen LogP contribution in [0.3, 0.4) is 0 Å². The van der Waals surface area contributed by atoms with E-state index in [4.69, 9.17) is 19.2 Å². The maximum atomic E-state index is 5.52. The summed E-state index contributed by atoms with van der Waals surface area (Å²) in [6.07, 6.45) is 1.76. The zero-order chi connectivity index (χ0) is 18.4. The van der Waals surface area contributed by atoms with Crippen LogP contribution in [0.5, 0.6) is 17.2 Å². The molecule has 0 fully saturated rings. The van der Waals surface area contributed by atoms with Gasteiger partial charge in [-0.05, 0) is 42.8 Å². The van der Waals surface area contributed by atoms with Crippen LogP contribution in [0.1, 0.15) is 5.56 Å². The highest BCUT2D eigenvalue weighted by molar-refractivity contribution is 5.94. The lowest BCUT2D eigenvalue weighted by atomic mass is 10.0. The standard InChI is InChI=1S/C20H16N4O3/c1-11-7-14(12-8-15(25-2)19-16(9-12)26-10-27-19)22-20-17(11)18(23-24-20)13-5-3-4-6-21-13/h3-9H,10H2,1-2H3,(H,22,23,24). The number of aromatic nitrogens is 4. The minimum Gasteiger partial charge on any atom is -0.493 e. The van der Waals surface area contributed by atoms with Gasteiger partial charge in [0, 0.05) is 11.8 Å². The van der Waals surface area contributed by atoms with E-state index in [1.807, 2.05) is 43.3 Å². The van der Waals surface area contributed by atoms with Crippen molar-refractivity contribution in [3.63, 3.8) is 0 Å². The number of benzene rings is 1. The van der Waals surface area contributed by atoms with Crippen molar-refractivity contribution in [1.29, 1.82) is 0 Å². The number of methoxy groups -OCH3 is 1. The number of hydrogen-bond acceptors (Lipinski definition) is 6. The van der Waals surface area contributed by atoms with Crippen molar-refractivity contribution in [3.05, 3.63) is 48.2 Å². The molecule has 0 saturated carbocycles. The van der Waals surface area contributed by atoms with E-state index in [0.717, 1.165) is 33.6 Å². The maximum Gasteiger partial charge on any atom is 0.231 e. The second-order valence-corrected chi connectivity index (χ2v) is 6.25. The van der Waals surface area contributed by atoms with Gasteiger partial charge in [0.1, 0.15) is 0 Å². The van der Waals surface area contributed by atoms with Crippen LogP contribution < -0.4 is 14.2 Å². The minimum atomic E-state index is 0.188. The van der Waals surface area contributed by atoms with Crippen molar-refractivity contribution in [1.82, 2.24) is 20.2 Å². The van der Waals surface area contributed by atoms with E-state index in [9.17, 15) is 0 Å². The lowest BCUT2D eigenvalue weighted by molar-refractivity contribution is 0.171. The molecule has 134 valence electrons. The maximum absolute atomic E-state index is 5.52. The van der Waals surface area contributed by atoms with E-state index in [1.165, 1.54) is 0 Å². The van der Waals surface area contributed by atoms with Crippen molar-refractivity contribution < 1.29 is 14.2 Å². The summed E-state index contributed by atoms with van der Waals surface area (Å²) in [6.45, 7) is 2.23. The molecule has 0 saturated heterocycles. The molecule has 7 nitrogen and oxygen atoms in total. The van der Waals surface area contributed by atoms with Gasteiger partial charge in [0.05, 0.1) is 29.6 Å². The summed E-state index contributed by atoms with van der Waals surface area (Å²) in [5.41, 5.74) is 5.07. The number of aryl methyl sites for hydroxylation is 1. The lowest BCUT2D eigenvalue weighted by Crippen LogP contribution is -1.93. The summed E-state index contributed by atoms with van der Waals surface area (Å²) in [6, 6.07) is 11.6. The monoisotopic (exact) mass is 360 g/mol. The molecule has 27 heavy (non-hydrogen) atoms. The first-order chi connectivity index (χ1) is 13.2. The van der Waals surface area contributed by atoms with Gasteiger partial charge in [0.25, 0.3) is 0 Å². The smallest absolute Gasteiger partial charge is 0.231 e.